The van der Waals surface area contributed by atoms with Gasteiger partial charge in [-0.2, -0.15) is 10.4 Å². The lowest BCUT2D eigenvalue weighted by Gasteiger charge is -2.20. The molecule has 3 aromatic carbocycles. The minimum Gasteiger partial charge on any atom is -0.488 e. The monoisotopic (exact) mass is 516 g/mol. The Balaban J connectivity index is 1.56. The average Bonchev–Trinajstić information content (AvgIpc) is 3.29. The Morgan fingerprint density at radius 3 is 2.58 bits per heavy atom. The summed E-state index contributed by atoms with van der Waals surface area (Å²) in [6.07, 6.45) is 0. The van der Waals surface area contributed by atoms with Gasteiger partial charge < -0.3 is 10.1 Å². The van der Waals surface area contributed by atoms with E-state index >= 15 is 0 Å². The molecule has 0 aliphatic carbocycles. The topological polar surface area (TPSA) is 97.0 Å². The van der Waals surface area contributed by atoms with E-state index in [9.17, 15) is 14.9 Å². The standard InChI is InChI=1S/C27H18Cl2N4O3/c28-17-7-4-8-19(11-17)33-25-20-12-18(29)9-10-23(20)36-15-22(25)24(32-33)26(34)21(13-30)27(35)31-14-16-5-2-1-3-6-16/h1-12,21H,14-15H2,(H,31,35). The van der Waals surface area contributed by atoms with Gasteiger partial charge in [0.1, 0.15) is 18.1 Å². The Morgan fingerprint density at radius 1 is 1.06 bits per heavy atom. The number of amides is 1. The molecule has 0 fully saturated rings. The van der Waals surface area contributed by atoms with Gasteiger partial charge in [0.25, 0.3) is 0 Å². The largest absolute Gasteiger partial charge is 0.488 e. The number of nitrogens with zero attached hydrogens (tertiary/aromatic N) is 3. The highest BCUT2D eigenvalue weighted by Crippen LogP contribution is 2.42. The van der Waals surface area contributed by atoms with Gasteiger partial charge in [-0.3, -0.25) is 9.59 Å². The van der Waals surface area contributed by atoms with Gasteiger partial charge >= 0.3 is 0 Å². The molecule has 0 saturated heterocycles. The Kier molecular flexibility index (Phi) is 6.47. The summed E-state index contributed by atoms with van der Waals surface area (Å²) < 4.78 is 7.45. The van der Waals surface area contributed by atoms with E-state index < -0.39 is 17.6 Å². The average molecular weight is 517 g/mol. The molecule has 5 rings (SSSR count). The predicted molar refractivity (Wildman–Crippen MR) is 135 cm³/mol. The fourth-order valence-corrected chi connectivity index (χ4v) is 4.44. The van der Waals surface area contributed by atoms with Crippen LogP contribution in [0.15, 0.2) is 72.8 Å². The molecule has 36 heavy (non-hydrogen) atoms. The fourth-order valence-electron chi connectivity index (χ4n) is 4.08. The zero-order valence-corrected chi connectivity index (χ0v) is 20.3. The molecule has 0 saturated carbocycles. The van der Waals surface area contributed by atoms with Crippen molar-refractivity contribution in [1.82, 2.24) is 15.1 Å². The van der Waals surface area contributed by atoms with Crippen LogP contribution in [0.4, 0.5) is 0 Å². The number of carbonyl (C=O) groups is 2. The van der Waals surface area contributed by atoms with Crippen molar-refractivity contribution in [3.05, 3.63) is 99.7 Å². The van der Waals surface area contributed by atoms with Gasteiger partial charge in [-0.05, 0) is 42.0 Å². The summed E-state index contributed by atoms with van der Waals surface area (Å²) in [6.45, 7) is 0.227. The van der Waals surface area contributed by atoms with Crippen LogP contribution in [0.5, 0.6) is 5.75 Å². The number of ether oxygens (including phenoxy) is 1. The minimum absolute atomic E-state index is 0.0167. The molecular weight excluding hydrogens is 499 g/mol. The number of ketones is 1. The summed E-state index contributed by atoms with van der Waals surface area (Å²) >= 11 is 12.5. The van der Waals surface area contributed by atoms with Crippen LogP contribution in [0.25, 0.3) is 16.9 Å². The number of halogens is 2. The highest BCUT2D eigenvalue weighted by Gasteiger charge is 2.36. The lowest BCUT2D eigenvalue weighted by Crippen LogP contribution is -2.35. The van der Waals surface area contributed by atoms with Crippen molar-refractivity contribution in [2.24, 2.45) is 5.92 Å². The number of Topliss-reactive ketones (excluding diaryl/α,β-unsaturated/α-hetero) is 1. The van der Waals surface area contributed by atoms with Gasteiger partial charge in [-0.25, -0.2) is 4.68 Å². The molecule has 1 amide bonds. The summed E-state index contributed by atoms with van der Waals surface area (Å²) in [4.78, 5) is 26.4. The van der Waals surface area contributed by atoms with E-state index in [2.05, 4.69) is 10.4 Å². The third-order valence-corrected chi connectivity index (χ3v) is 6.27. The molecule has 1 aromatic heterocycles. The van der Waals surface area contributed by atoms with Crippen LogP contribution in [-0.4, -0.2) is 21.5 Å². The number of fused-ring (bicyclic) bond motifs is 3. The molecule has 178 valence electrons. The van der Waals surface area contributed by atoms with Crippen molar-refractivity contribution in [2.75, 3.05) is 0 Å². The number of rotatable bonds is 6. The van der Waals surface area contributed by atoms with Crippen LogP contribution in [0.2, 0.25) is 10.0 Å². The van der Waals surface area contributed by atoms with E-state index in [-0.39, 0.29) is 18.8 Å². The summed E-state index contributed by atoms with van der Waals surface area (Å²) in [5.41, 5.74) is 3.12. The van der Waals surface area contributed by atoms with Crippen molar-refractivity contribution in [1.29, 1.82) is 5.26 Å². The maximum atomic E-state index is 13.5. The smallest absolute Gasteiger partial charge is 0.245 e. The molecule has 1 atom stereocenters. The van der Waals surface area contributed by atoms with E-state index in [0.29, 0.717) is 38.3 Å². The van der Waals surface area contributed by atoms with Crippen LogP contribution in [-0.2, 0) is 17.9 Å². The van der Waals surface area contributed by atoms with E-state index in [1.54, 1.807) is 47.1 Å². The van der Waals surface area contributed by atoms with Crippen molar-refractivity contribution in [3.63, 3.8) is 0 Å². The quantitative estimate of drug-likeness (QED) is 0.274. The van der Waals surface area contributed by atoms with Gasteiger partial charge in [-0.1, -0.05) is 59.6 Å². The lowest BCUT2D eigenvalue weighted by atomic mass is 9.96. The first-order valence-corrected chi connectivity index (χ1v) is 11.8. The molecule has 1 aliphatic heterocycles. The summed E-state index contributed by atoms with van der Waals surface area (Å²) in [5.74, 6) is -2.42. The fraction of sp³-hybridized carbons (Fsp3) is 0.111. The SMILES string of the molecule is N#CC(C(=O)NCc1ccccc1)C(=O)c1nn(-c2cccc(Cl)c2)c2c1COc1ccc(Cl)cc1-2. The third kappa shape index (κ3) is 4.44. The number of benzene rings is 3. The van der Waals surface area contributed by atoms with E-state index in [0.717, 1.165) is 5.56 Å². The van der Waals surface area contributed by atoms with Crippen LogP contribution in [0.3, 0.4) is 0 Å². The summed E-state index contributed by atoms with van der Waals surface area (Å²) in [7, 11) is 0. The number of hydrogen-bond acceptors (Lipinski definition) is 5. The molecule has 0 bridgehead atoms. The molecule has 0 radical (unpaired) electrons. The first-order chi connectivity index (χ1) is 17.5. The molecule has 1 aliphatic rings. The Morgan fingerprint density at radius 2 is 1.83 bits per heavy atom. The predicted octanol–water partition coefficient (Wildman–Crippen LogP) is 5.38. The lowest BCUT2D eigenvalue weighted by molar-refractivity contribution is -0.122. The van der Waals surface area contributed by atoms with Gasteiger partial charge in [0.2, 0.25) is 11.7 Å². The van der Waals surface area contributed by atoms with Crippen molar-refractivity contribution in [3.8, 4) is 28.8 Å². The second-order valence-corrected chi connectivity index (χ2v) is 9.00. The number of carbonyl (C=O) groups excluding carboxylic acids is 2. The van der Waals surface area contributed by atoms with Gasteiger partial charge in [0.05, 0.1) is 17.5 Å². The maximum Gasteiger partial charge on any atom is 0.245 e. The zero-order valence-electron chi connectivity index (χ0n) is 18.7. The summed E-state index contributed by atoms with van der Waals surface area (Å²) in [6, 6.07) is 23.2. The summed E-state index contributed by atoms with van der Waals surface area (Å²) in [5, 5.41) is 17.9. The van der Waals surface area contributed by atoms with Crippen LogP contribution >= 0.6 is 23.2 Å². The van der Waals surface area contributed by atoms with Crippen molar-refractivity contribution < 1.29 is 14.3 Å². The highest BCUT2D eigenvalue weighted by atomic mass is 35.5. The van der Waals surface area contributed by atoms with Crippen molar-refractivity contribution >= 4 is 34.9 Å². The molecule has 1 N–H and O–H groups in total. The van der Waals surface area contributed by atoms with E-state index in [1.807, 2.05) is 36.4 Å². The molecule has 9 heteroatoms. The molecule has 2 heterocycles. The van der Waals surface area contributed by atoms with Crippen molar-refractivity contribution in [2.45, 2.75) is 13.2 Å². The molecule has 4 aromatic rings. The van der Waals surface area contributed by atoms with Gasteiger partial charge in [0, 0.05) is 27.7 Å². The van der Waals surface area contributed by atoms with Crippen LogP contribution in [0, 0.1) is 17.2 Å². The Hall–Kier alpha value is -4.12. The first kappa shape index (κ1) is 23.6. The third-order valence-electron chi connectivity index (χ3n) is 5.80. The normalized spacial score (nSPS) is 12.5. The second-order valence-electron chi connectivity index (χ2n) is 8.13. The number of nitriles is 1. The Labute approximate surface area is 216 Å². The number of nitrogens with one attached hydrogen (secondary N) is 1. The molecule has 7 nitrogen and oxygen atoms in total. The molecular formula is C27H18Cl2N4O3. The van der Waals surface area contributed by atoms with Crippen LogP contribution < -0.4 is 10.1 Å². The van der Waals surface area contributed by atoms with Gasteiger partial charge in [-0.15, -0.1) is 0 Å². The van der Waals surface area contributed by atoms with E-state index in [4.69, 9.17) is 27.9 Å². The maximum absolute atomic E-state index is 13.5. The van der Waals surface area contributed by atoms with E-state index in [1.165, 1.54) is 0 Å². The number of hydrogen-bond donors (Lipinski definition) is 1. The molecule has 0 spiro atoms. The minimum atomic E-state index is -1.58. The molecule has 1 unspecified atom stereocenters. The van der Waals surface area contributed by atoms with Crippen LogP contribution in [0.1, 0.15) is 21.6 Å². The first-order valence-electron chi connectivity index (χ1n) is 11.0. The zero-order chi connectivity index (χ0) is 25.2. The highest BCUT2D eigenvalue weighted by molar-refractivity contribution is 6.31. The Bertz CT molecular complexity index is 1530. The second kappa shape index (κ2) is 9.86. The van der Waals surface area contributed by atoms with Gasteiger partial charge in [0.15, 0.2) is 5.92 Å². The number of aromatic nitrogens is 2.